The molecule has 3 nitrogen and oxygen atoms in total. The molecule has 3 heteroatoms. The summed E-state index contributed by atoms with van der Waals surface area (Å²) < 4.78 is 5.16. The van der Waals surface area contributed by atoms with E-state index in [4.69, 9.17) is 10.5 Å². The standard InChI is InChI=1S/C7H14N2O/c1-2-7(8)9-3-5-10-6-4-9/h2,7H,1,3-6,8H2. The highest BCUT2D eigenvalue weighted by molar-refractivity contribution is 4.83. The van der Waals surface area contributed by atoms with Crippen LogP contribution in [0.1, 0.15) is 0 Å². The normalized spacial score (nSPS) is 24.1. The second-order valence-corrected chi connectivity index (χ2v) is 2.37. The lowest BCUT2D eigenvalue weighted by Crippen LogP contribution is -2.46. The zero-order valence-electron chi connectivity index (χ0n) is 6.12. The molecular weight excluding hydrogens is 128 g/mol. The van der Waals surface area contributed by atoms with E-state index in [0.717, 1.165) is 26.3 Å². The van der Waals surface area contributed by atoms with E-state index in [1.165, 1.54) is 0 Å². The Kier molecular flexibility index (Phi) is 2.86. The van der Waals surface area contributed by atoms with E-state index < -0.39 is 0 Å². The molecule has 0 spiro atoms. The summed E-state index contributed by atoms with van der Waals surface area (Å²) >= 11 is 0. The Morgan fingerprint density at radius 1 is 1.50 bits per heavy atom. The van der Waals surface area contributed by atoms with Crippen molar-refractivity contribution >= 4 is 0 Å². The van der Waals surface area contributed by atoms with Gasteiger partial charge in [-0.1, -0.05) is 6.08 Å². The molecule has 1 unspecified atom stereocenters. The zero-order chi connectivity index (χ0) is 7.40. The molecule has 1 aliphatic rings. The molecule has 0 aromatic heterocycles. The van der Waals surface area contributed by atoms with Crippen LogP contribution in [0.4, 0.5) is 0 Å². The Hall–Kier alpha value is -0.380. The van der Waals surface area contributed by atoms with Crippen LogP contribution < -0.4 is 5.73 Å². The van der Waals surface area contributed by atoms with Gasteiger partial charge in [-0.25, -0.2) is 0 Å². The monoisotopic (exact) mass is 142 g/mol. The lowest BCUT2D eigenvalue weighted by molar-refractivity contribution is 0.0267. The fourth-order valence-electron chi connectivity index (χ4n) is 1.02. The Morgan fingerprint density at radius 3 is 2.60 bits per heavy atom. The van der Waals surface area contributed by atoms with E-state index >= 15 is 0 Å². The van der Waals surface area contributed by atoms with Crippen molar-refractivity contribution in [2.75, 3.05) is 26.3 Å². The third kappa shape index (κ3) is 1.80. The van der Waals surface area contributed by atoms with Crippen LogP contribution in [0.25, 0.3) is 0 Å². The zero-order valence-corrected chi connectivity index (χ0v) is 6.12. The van der Waals surface area contributed by atoms with Gasteiger partial charge in [0.15, 0.2) is 0 Å². The first kappa shape index (κ1) is 7.72. The average Bonchev–Trinajstić information content (AvgIpc) is 2.05. The Balaban J connectivity index is 2.30. The molecule has 0 aromatic carbocycles. The summed E-state index contributed by atoms with van der Waals surface area (Å²) in [5.74, 6) is 0. The Bertz CT molecular complexity index is 110. The topological polar surface area (TPSA) is 38.5 Å². The van der Waals surface area contributed by atoms with Crippen molar-refractivity contribution in [3.05, 3.63) is 12.7 Å². The number of nitrogens with two attached hydrogens (primary N) is 1. The molecule has 1 heterocycles. The van der Waals surface area contributed by atoms with Gasteiger partial charge in [-0.3, -0.25) is 4.90 Å². The summed E-state index contributed by atoms with van der Waals surface area (Å²) in [6.45, 7) is 7.06. The summed E-state index contributed by atoms with van der Waals surface area (Å²) in [5, 5.41) is 0. The number of morpholine rings is 1. The molecule has 1 aliphatic heterocycles. The summed E-state index contributed by atoms with van der Waals surface area (Å²) in [4.78, 5) is 2.15. The molecular formula is C7H14N2O. The van der Waals surface area contributed by atoms with Crippen LogP contribution in [0.5, 0.6) is 0 Å². The second kappa shape index (κ2) is 3.71. The molecule has 1 saturated heterocycles. The minimum Gasteiger partial charge on any atom is -0.379 e. The quantitative estimate of drug-likeness (QED) is 0.542. The molecule has 1 fully saturated rings. The molecule has 0 aliphatic carbocycles. The van der Waals surface area contributed by atoms with Crippen molar-refractivity contribution in [1.82, 2.24) is 4.90 Å². The first-order chi connectivity index (χ1) is 4.84. The summed E-state index contributed by atoms with van der Waals surface area (Å²) in [7, 11) is 0. The lowest BCUT2D eigenvalue weighted by atomic mass is 10.3. The largest absolute Gasteiger partial charge is 0.379 e. The van der Waals surface area contributed by atoms with E-state index in [1.807, 2.05) is 0 Å². The van der Waals surface area contributed by atoms with Crippen LogP contribution >= 0.6 is 0 Å². The molecule has 2 N–H and O–H groups in total. The van der Waals surface area contributed by atoms with Crippen molar-refractivity contribution < 1.29 is 4.74 Å². The first-order valence-corrected chi connectivity index (χ1v) is 3.54. The Labute approximate surface area is 61.4 Å². The van der Waals surface area contributed by atoms with Crippen molar-refractivity contribution in [2.45, 2.75) is 6.17 Å². The predicted octanol–water partition coefficient (Wildman–Crippen LogP) is -0.211. The molecule has 0 radical (unpaired) electrons. The predicted molar refractivity (Wildman–Crippen MR) is 40.6 cm³/mol. The fourth-order valence-corrected chi connectivity index (χ4v) is 1.02. The third-order valence-electron chi connectivity index (χ3n) is 1.71. The van der Waals surface area contributed by atoms with Gasteiger partial charge in [-0.2, -0.15) is 0 Å². The highest BCUT2D eigenvalue weighted by atomic mass is 16.5. The van der Waals surface area contributed by atoms with Gasteiger partial charge >= 0.3 is 0 Å². The summed E-state index contributed by atoms with van der Waals surface area (Å²) in [6, 6.07) is 0. The summed E-state index contributed by atoms with van der Waals surface area (Å²) in [5.41, 5.74) is 5.70. The van der Waals surface area contributed by atoms with Gasteiger partial charge in [0.2, 0.25) is 0 Å². The van der Waals surface area contributed by atoms with E-state index in [1.54, 1.807) is 6.08 Å². The smallest absolute Gasteiger partial charge is 0.0763 e. The number of nitrogens with zero attached hydrogens (tertiary/aromatic N) is 1. The first-order valence-electron chi connectivity index (χ1n) is 3.54. The lowest BCUT2D eigenvalue weighted by Gasteiger charge is -2.29. The molecule has 0 bridgehead atoms. The van der Waals surface area contributed by atoms with Crippen LogP contribution in [-0.4, -0.2) is 37.4 Å². The average molecular weight is 142 g/mol. The van der Waals surface area contributed by atoms with Crippen LogP contribution in [0.15, 0.2) is 12.7 Å². The summed E-state index contributed by atoms with van der Waals surface area (Å²) in [6.07, 6.45) is 1.76. The fraction of sp³-hybridized carbons (Fsp3) is 0.714. The van der Waals surface area contributed by atoms with Crippen molar-refractivity contribution in [3.8, 4) is 0 Å². The highest BCUT2D eigenvalue weighted by Crippen LogP contribution is 1.99. The molecule has 58 valence electrons. The van der Waals surface area contributed by atoms with E-state index in [9.17, 15) is 0 Å². The van der Waals surface area contributed by atoms with Crippen LogP contribution in [0.3, 0.4) is 0 Å². The second-order valence-electron chi connectivity index (χ2n) is 2.37. The Morgan fingerprint density at radius 2 is 2.10 bits per heavy atom. The van der Waals surface area contributed by atoms with Crippen molar-refractivity contribution in [2.24, 2.45) is 5.73 Å². The van der Waals surface area contributed by atoms with E-state index in [-0.39, 0.29) is 6.17 Å². The number of rotatable bonds is 2. The number of ether oxygens (including phenoxy) is 1. The minimum absolute atomic E-state index is 0.00361. The van der Waals surface area contributed by atoms with Crippen LogP contribution in [-0.2, 0) is 4.74 Å². The van der Waals surface area contributed by atoms with Gasteiger partial charge in [0.05, 0.1) is 19.4 Å². The van der Waals surface area contributed by atoms with E-state index in [0.29, 0.717) is 0 Å². The SMILES string of the molecule is C=CC(N)N1CCOCC1. The highest BCUT2D eigenvalue weighted by Gasteiger charge is 2.13. The van der Waals surface area contributed by atoms with Gasteiger partial charge in [0, 0.05) is 13.1 Å². The maximum absolute atomic E-state index is 5.70. The molecule has 0 aromatic rings. The minimum atomic E-state index is 0.00361. The third-order valence-corrected chi connectivity index (χ3v) is 1.71. The van der Waals surface area contributed by atoms with Gasteiger partial charge in [-0.15, -0.1) is 6.58 Å². The number of hydrogen-bond donors (Lipinski definition) is 1. The maximum Gasteiger partial charge on any atom is 0.0763 e. The van der Waals surface area contributed by atoms with Crippen LogP contribution in [0, 0.1) is 0 Å². The molecule has 0 saturated carbocycles. The van der Waals surface area contributed by atoms with Gasteiger partial charge < -0.3 is 10.5 Å². The van der Waals surface area contributed by atoms with Gasteiger partial charge in [0.25, 0.3) is 0 Å². The van der Waals surface area contributed by atoms with Crippen molar-refractivity contribution in [1.29, 1.82) is 0 Å². The van der Waals surface area contributed by atoms with Gasteiger partial charge in [-0.05, 0) is 0 Å². The molecule has 1 atom stereocenters. The van der Waals surface area contributed by atoms with Gasteiger partial charge in [0.1, 0.15) is 0 Å². The van der Waals surface area contributed by atoms with Crippen molar-refractivity contribution in [3.63, 3.8) is 0 Å². The molecule has 10 heavy (non-hydrogen) atoms. The maximum atomic E-state index is 5.70. The number of hydrogen-bond acceptors (Lipinski definition) is 3. The van der Waals surface area contributed by atoms with E-state index in [2.05, 4.69) is 11.5 Å². The molecule has 1 rings (SSSR count). The molecule has 0 amide bonds. The van der Waals surface area contributed by atoms with Crippen LogP contribution in [0.2, 0.25) is 0 Å².